The van der Waals surface area contributed by atoms with Crippen LogP contribution in [0.4, 0.5) is 68.2 Å². The number of fused-ring (bicyclic) bond motifs is 5. The van der Waals surface area contributed by atoms with Crippen molar-refractivity contribution in [3.63, 3.8) is 0 Å². The van der Waals surface area contributed by atoms with E-state index in [1.54, 1.807) is 0 Å². The molecule has 2 heterocycles. The zero-order valence-corrected chi connectivity index (χ0v) is 44.4. The lowest BCUT2D eigenvalue weighted by atomic mass is 9.67. The molecule has 11 aromatic carbocycles. The molecule has 0 saturated carbocycles. The lowest BCUT2D eigenvalue weighted by molar-refractivity contribution is 0.769. The highest BCUT2D eigenvalue weighted by Gasteiger charge is 2.48. The molecule has 0 atom stereocenters. The summed E-state index contributed by atoms with van der Waals surface area (Å²) in [6.45, 7) is 0. The quantitative estimate of drug-likeness (QED) is 0.108. The molecule has 0 radical (unpaired) electrons. The number of hydrogen-bond donors (Lipinski definition) is 0. The minimum Gasteiger partial charge on any atom is -0.311 e. The van der Waals surface area contributed by atoms with Gasteiger partial charge in [-0.2, -0.15) is 0 Å². The van der Waals surface area contributed by atoms with E-state index in [2.05, 4.69) is 333 Å². The molecule has 81 heavy (non-hydrogen) atoms. The molecule has 0 bridgehead atoms. The van der Waals surface area contributed by atoms with Crippen LogP contribution in [0.2, 0.25) is 0 Å². The summed E-state index contributed by atoms with van der Waals surface area (Å²) >= 11 is 0. The van der Waals surface area contributed by atoms with E-state index in [0.29, 0.717) is 0 Å². The van der Waals surface area contributed by atoms with Crippen LogP contribution in [-0.2, 0) is 5.41 Å². The fraction of sp³-hybridized carbons (Fsp3) is 0.0133. The van der Waals surface area contributed by atoms with Crippen molar-refractivity contribution in [1.82, 2.24) is 9.97 Å². The van der Waals surface area contributed by atoms with Crippen molar-refractivity contribution in [1.29, 1.82) is 0 Å². The number of benzene rings is 11. The van der Waals surface area contributed by atoms with E-state index >= 15 is 0 Å². The predicted octanol–water partition coefficient (Wildman–Crippen LogP) is 19.9. The van der Waals surface area contributed by atoms with Gasteiger partial charge in [-0.1, -0.05) is 164 Å². The Morgan fingerprint density at radius 2 is 0.543 bits per heavy atom. The highest BCUT2D eigenvalue weighted by molar-refractivity contribution is 6.11. The number of para-hydroxylation sites is 4. The van der Waals surface area contributed by atoms with Crippen LogP contribution in [0.15, 0.2) is 328 Å². The van der Waals surface area contributed by atoms with Gasteiger partial charge in [0.25, 0.3) is 0 Å². The average Bonchev–Trinajstić information content (AvgIpc) is 4.11. The Bertz CT molecular complexity index is 4130. The van der Waals surface area contributed by atoms with Gasteiger partial charge in [-0.25, -0.2) is 0 Å². The first-order valence-electron chi connectivity index (χ1n) is 27.5. The zero-order chi connectivity index (χ0) is 54.0. The second-order valence-corrected chi connectivity index (χ2v) is 20.2. The summed E-state index contributed by atoms with van der Waals surface area (Å²) in [5.74, 6) is 0. The molecule has 0 fully saturated rings. The maximum Gasteiger partial charge on any atom is 0.0715 e. The maximum atomic E-state index is 4.53. The van der Waals surface area contributed by atoms with E-state index in [1.165, 1.54) is 38.8 Å². The van der Waals surface area contributed by atoms with E-state index in [0.717, 1.165) is 73.6 Å². The number of anilines is 12. The van der Waals surface area contributed by atoms with E-state index in [9.17, 15) is 0 Å². The molecule has 0 N–H and O–H groups in total. The molecule has 1 aliphatic carbocycles. The Kier molecular flexibility index (Phi) is 12.7. The van der Waals surface area contributed by atoms with Gasteiger partial charge < -0.3 is 19.6 Å². The third-order valence-corrected chi connectivity index (χ3v) is 15.6. The molecule has 0 saturated heterocycles. The third kappa shape index (κ3) is 8.72. The molecular weight excluding hydrogens is 985 g/mol. The van der Waals surface area contributed by atoms with Crippen molar-refractivity contribution < 1.29 is 0 Å². The van der Waals surface area contributed by atoms with Gasteiger partial charge in [-0.05, 0) is 178 Å². The second kappa shape index (κ2) is 21.2. The molecular formula is C75H54N6. The van der Waals surface area contributed by atoms with Crippen LogP contribution in [0.5, 0.6) is 0 Å². The van der Waals surface area contributed by atoms with E-state index in [4.69, 9.17) is 0 Å². The minimum atomic E-state index is -0.763. The van der Waals surface area contributed by atoms with Crippen molar-refractivity contribution in [2.75, 3.05) is 19.6 Å². The number of rotatable bonds is 14. The molecule has 1 aliphatic rings. The zero-order valence-electron chi connectivity index (χ0n) is 44.4. The fourth-order valence-electron chi connectivity index (χ4n) is 12.2. The van der Waals surface area contributed by atoms with Crippen LogP contribution in [0, 0.1) is 0 Å². The molecule has 0 amide bonds. The largest absolute Gasteiger partial charge is 0.311 e. The molecule has 6 nitrogen and oxygen atoms in total. The molecule has 0 aliphatic heterocycles. The predicted molar refractivity (Wildman–Crippen MR) is 336 cm³/mol. The SMILES string of the molecule is c1ccc(N(c2ccccc2)c2ccc(N(c3ccncc3)c3ccc4c(c3)C(c3ccccc3)(c3ccccc3)c3cc(N(c5ccncc5)c5ccc(N(c6ccccc6)c6ccccc6)cc5)c5ccccc5c3-4)cc2)cc1. The molecule has 384 valence electrons. The highest BCUT2D eigenvalue weighted by Crippen LogP contribution is 2.61. The van der Waals surface area contributed by atoms with Gasteiger partial charge in [0.1, 0.15) is 0 Å². The molecule has 2 aromatic heterocycles. The lowest BCUT2D eigenvalue weighted by Crippen LogP contribution is -2.29. The summed E-state index contributed by atoms with van der Waals surface area (Å²) in [4.78, 5) is 18.4. The van der Waals surface area contributed by atoms with Crippen molar-refractivity contribution >= 4 is 79.0 Å². The van der Waals surface area contributed by atoms with Crippen LogP contribution in [0.1, 0.15) is 22.3 Å². The number of aromatic nitrogens is 2. The van der Waals surface area contributed by atoms with Gasteiger partial charge in [0.05, 0.1) is 11.1 Å². The van der Waals surface area contributed by atoms with Crippen LogP contribution in [0.3, 0.4) is 0 Å². The van der Waals surface area contributed by atoms with Crippen LogP contribution in [0.25, 0.3) is 21.9 Å². The van der Waals surface area contributed by atoms with Crippen LogP contribution in [-0.4, -0.2) is 9.97 Å². The van der Waals surface area contributed by atoms with Gasteiger partial charge in [0.15, 0.2) is 0 Å². The Morgan fingerprint density at radius 1 is 0.235 bits per heavy atom. The smallest absolute Gasteiger partial charge is 0.0715 e. The minimum absolute atomic E-state index is 0.763. The first-order chi connectivity index (χ1) is 40.2. The van der Waals surface area contributed by atoms with E-state index in [-0.39, 0.29) is 0 Å². The average molecular weight is 1040 g/mol. The van der Waals surface area contributed by atoms with Crippen molar-refractivity contribution in [2.24, 2.45) is 0 Å². The number of nitrogens with zero attached hydrogens (tertiary/aromatic N) is 6. The third-order valence-electron chi connectivity index (χ3n) is 15.6. The topological polar surface area (TPSA) is 38.7 Å². The van der Waals surface area contributed by atoms with Crippen molar-refractivity contribution in [3.05, 3.63) is 350 Å². The van der Waals surface area contributed by atoms with Gasteiger partial charge in [-0.15, -0.1) is 0 Å². The highest BCUT2D eigenvalue weighted by atomic mass is 15.2. The number of pyridine rings is 2. The molecule has 0 unspecified atom stereocenters. The molecule has 14 rings (SSSR count). The Balaban J connectivity index is 0.972. The van der Waals surface area contributed by atoms with Gasteiger partial charge in [0, 0.05) is 92.7 Å². The summed E-state index contributed by atoms with van der Waals surface area (Å²) < 4.78 is 0. The Labute approximate surface area is 473 Å². The second-order valence-electron chi connectivity index (χ2n) is 20.2. The lowest BCUT2D eigenvalue weighted by Gasteiger charge is -2.36. The van der Waals surface area contributed by atoms with E-state index in [1.807, 2.05) is 24.8 Å². The molecule has 0 spiro atoms. The summed E-state index contributed by atoms with van der Waals surface area (Å²) in [5, 5.41) is 2.31. The Hall–Kier alpha value is -10.8. The monoisotopic (exact) mass is 1040 g/mol. The Morgan fingerprint density at radius 3 is 0.963 bits per heavy atom. The fourth-order valence-corrected chi connectivity index (χ4v) is 12.2. The van der Waals surface area contributed by atoms with Gasteiger partial charge in [-0.3, -0.25) is 9.97 Å². The van der Waals surface area contributed by atoms with Gasteiger partial charge >= 0.3 is 0 Å². The molecule has 6 heteroatoms. The van der Waals surface area contributed by atoms with Crippen molar-refractivity contribution in [2.45, 2.75) is 5.41 Å². The van der Waals surface area contributed by atoms with Crippen LogP contribution >= 0.6 is 0 Å². The first kappa shape index (κ1) is 48.5. The standard InChI is InChI=1S/C75H54N6/c1-7-21-55(22-8-1)75(56-23-9-2-10-24-56)71-53-67(80(65-45-49-76-50-46-65)63-37-35-61(36-38-63)78(57-25-11-3-12-26-57)58-27-13-4-14-28-58)43-44-70(71)74-69-34-20-19-33-68(69)73(54-72(74)75)81(66-47-51-77-52-48-66)64-41-39-62(40-42-64)79(59-29-15-5-16-30-59)60-31-17-6-18-32-60/h1-54H. The van der Waals surface area contributed by atoms with E-state index < -0.39 is 5.41 Å². The first-order valence-corrected chi connectivity index (χ1v) is 27.5. The van der Waals surface area contributed by atoms with Crippen LogP contribution < -0.4 is 19.6 Å². The summed E-state index contributed by atoms with van der Waals surface area (Å²) in [6.07, 6.45) is 7.53. The summed E-state index contributed by atoms with van der Waals surface area (Å²) in [6, 6.07) is 109. The summed E-state index contributed by atoms with van der Waals surface area (Å²) in [7, 11) is 0. The van der Waals surface area contributed by atoms with Gasteiger partial charge in [0.2, 0.25) is 0 Å². The maximum absolute atomic E-state index is 4.53. The number of hydrogen-bond acceptors (Lipinski definition) is 6. The normalized spacial score (nSPS) is 12.0. The molecule has 13 aromatic rings. The van der Waals surface area contributed by atoms with Crippen molar-refractivity contribution in [3.8, 4) is 11.1 Å². The summed E-state index contributed by atoms with van der Waals surface area (Å²) in [5.41, 5.74) is 19.0.